The number of fused-ring (bicyclic) bond motifs is 1. The number of halogens is 1. The zero-order chi connectivity index (χ0) is 12.4. The van der Waals surface area contributed by atoms with Crippen LogP contribution < -0.4 is 10.1 Å². The normalized spacial score (nSPS) is 12.9. The lowest BCUT2D eigenvalue weighted by Gasteiger charge is -2.08. The molecule has 2 aromatic carbocycles. The first-order valence-corrected chi connectivity index (χ1v) is 6.05. The number of ether oxygens (including phenoxy) is 1. The van der Waals surface area contributed by atoms with E-state index >= 15 is 0 Å². The predicted molar refractivity (Wildman–Crippen MR) is 69.4 cm³/mol. The molecule has 0 radical (unpaired) electrons. The first kappa shape index (κ1) is 11.1. The zero-order valence-electron chi connectivity index (χ0n) is 9.95. The summed E-state index contributed by atoms with van der Waals surface area (Å²) in [7, 11) is 0. The molecule has 3 heteroatoms. The molecule has 3 rings (SSSR count). The monoisotopic (exact) mass is 243 g/mol. The van der Waals surface area contributed by atoms with Crippen LogP contribution in [-0.4, -0.2) is 6.61 Å². The van der Waals surface area contributed by atoms with Gasteiger partial charge < -0.3 is 10.1 Å². The Hall–Kier alpha value is -2.03. The Morgan fingerprint density at radius 3 is 3.00 bits per heavy atom. The highest BCUT2D eigenvalue weighted by molar-refractivity contribution is 5.52. The van der Waals surface area contributed by atoms with Gasteiger partial charge in [-0.1, -0.05) is 12.1 Å². The second-order valence-electron chi connectivity index (χ2n) is 4.40. The van der Waals surface area contributed by atoms with Crippen LogP contribution in [0.3, 0.4) is 0 Å². The van der Waals surface area contributed by atoms with Crippen LogP contribution in [0.2, 0.25) is 0 Å². The van der Waals surface area contributed by atoms with Gasteiger partial charge >= 0.3 is 0 Å². The van der Waals surface area contributed by atoms with Gasteiger partial charge in [-0.2, -0.15) is 0 Å². The van der Waals surface area contributed by atoms with Gasteiger partial charge in [-0.15, -0.1) is 0 Å². The number of hydrogen-bond acceptors (Lipinski definition) is 2. The maximum Gasteiger partial charge on any atom is 0.123 e. The van der Waals surface area contributed by atoms with Gasteiger partial charge in [0.15, 0.2) is 0 Å². The van der Waals surface area contributed by atoms with E-state index in [4.69, 9.17) is 4.74 Å². The van der Waals surface area contributed by atoms with Crippen LogP contribution in [0.15, 0.2) is 42.5 Å². The number of rotatable bonds is 3. The van der Waals surface area contributed by atoms with Crippen molar-refractivity contribution in [2.75, 3.05) is 11.9 Å². The quantitative estimate of drug-likeness (QED) is 0.892. The van der Waals surface area contributed by atoms with Gasteiger partial charge in [0.2, 0.25) is 0 Å². The van der Waals surface area contributed by atoms with Gasteiger partial charge in [0.05, 0.1) is 6.61 Å². The lowest BCUT2D eigenvalue weighted by molar-refractivity contribution is 0.357. The highest BCUT2D eigenvalue weighted by Gasteiger charge is 2.11. The molecule has 0 amide bonds. The van der Waals surface area contributed by atoms with Crippen LogP contribution in [0.4, 0.5) is 10.1 Å². The zero-order valence-corrected chi connectivity index (χ0v) is 9.95. The maximum absolute atomic E-state index is 13.0. The van der Waals surface area contributed by atoms with Crippen molar-refractivity contribution >= 4 is 5.69 Å². The van der Waals surface area contributed by atoms with Gasteiger partial charge in [0.1, 0.15) is 11.6 Å². The average molecular weight is 243 g/mol. The second kappa shape index (κ2) is 4.69. The van der Waals surface area contributed by atoms with Gasteiger partial charge in [-0.05, 0) is 41.5 Å². The summed E-state index contributed by atoms with van der Waals surface area (Å²) in [6.07, 6.45) is 0.963. The third kappa shape index (κ3) is 2.30. The topological polar surface area (TPSA) is 21.3 Å². The standard InChI is InChI=1S/C15H14FNO/c16-13-3-1-2-11(8-13)10-17-14-4-5-15-12(9-14)6-7-18-15/h1-5,8-9,17H,6-7,10H2. The molecule has 0 fully saturated rings. The fraction of sp³-hybridized carbons (Fsp3) is 0.200. The molecule has 1 N–H and O–H groups in total. The van der Waals surface area contributed by atoms with Gasteiger partial charge in [-0.3, -0.25) is 0 Å². The van der Waals surface area contributed by atoms with E-state index in [-0.39, 0.29) is 5.82 Å². The van der Waals surface area contributed by atoms with Gasteiger partial charge in [0, 0.05) is 18.7 Å². The summed E-state index contributed by atoms with van der Waals surface area (Å²) in [5, 5.41) is 3.30. The third-order valence-corrected chi connectivity index (χ3v) is 3.08. The number of anilines is 1. The molecule has 1 heterocycles. The fourth-order valence-electron chi connectivity index (χ4n) is 2.15. The van der Waals surface area contributed by atoms with Crippen molar-refractivity contribution in [1.29, 1.82) is 0 Å². The minimum atomic E-state index is -0.198. The van der Waals surface area contributed by atoms with Crippen molar-refractivity contribution < 1.29 is 9.13 Å². The molecule has 0 spiro atoms. The Bertz CT molecular complexity index is 568. The molecule has 0 saturated heterocycles. The molecular weight excluding hydrogens is 229 g/mol. The summed E-state index contributed by atoms with van der Waals surface area (Å²) >= 11 is 0. The van der Waals surface area contributed by atoms with Gasteiger partial charge in [-0.25, -0.2) is 4.39 Å². The first-order valence-electron chi connectivity index (χ1n) is 6.05. The summed E-state index contributed by atoms with van der Waals surface area (Å²) in [5.74, 6) is 0.781. The molecule has 0 unspecified atom stereocenters. The Morgan fingerprint density at radius 1 is 1.17 bits per heavy atom. The molecular formula is C15H14FNO. The third-order valence-electron chi connectivity index (χ3n) is 3.08. The molecule has 0 aromatic heterocycles. The minimum absolute atomic E-state index is 0.198. The SMILES string of the molecule is Fc1cccc(CNc2ccc3c(c2)CCO3)c1. The fourth-order valence-corrected chi connectivity index (χ4v) is 2.15. The van der Waals surface area contributed by atoms with Crippen molar-refractivity contribution in [3.8, 4) is 5.75 Å². The first-order chi connectivity index (χ1) is 8.81. The largest absolute Gasteiger partial charge is 0.493 e. The molecule has 1 aliphatic rings. The predicted octanol–water partition coefficient (Wildman–Crippen LogP) is 3.37. The number of hydrogen-bond donors (Lipinski definition) is 1. The van der Waals surface area contributed by atoms with E-state index in [0.717, 1.165) is 30.0 Å². The van der Waals surface area contributed by atoms with E-state index in [1.165, 1.54) is 11.6 Å². The van der Waals surface area contributed by atoms with Crippen molar-refractivity contribution in [1.82, 2.24) is 0 Å². The highest BCUT2D eigenvalue weighted by Crippen LogP contribution is 2.27. The van der Waals surface area contributed by atoms with Crippen molar-refractivity contribution in [3.05, 3.63) is 59.4 Å². The van der Waals surface area contributed by atoms with Crippen LogP contribution in [0.1, 0.15) is 11.1 Å². The van der Waals surface area contributed by atoms with E-state index in [2.05, 4.69) is 11.4 Å². The number of benzene rings is 2. The van der Waals surface area contributed by atoms with Crippen LogP contribution in [0, 0.1) is 5.82 Å². The molecule has 0 saturated carbocycles. The van der Waals surface area contributed by atoms with Crippen LogP contribution in [0.5, 0.6) is 5.75 Å². The minimum Gasteiger partial charge on any atom is -0.493 e. The molecule has 0 bridgehead atoms. The van der Waals surface area contributed by atoms with Crippen molar-refractivity contribution in [3.63, 3.8) is 0 Å². The molecule has 18 heavy (non-hydrogen) atoms. The lowest BCUT2D eigenvalue weighted by atomic mass is 10.1. The number of nitrogens with one attached hydrogen (secondary N) is 1. The molecule has 2 nitrogen and oxygen atoms in total. The maximum atomic E-state index is 13.0. The molecule has 92 valence electrons. The summed E-state index contributed by atoms with van der Waals surface area (Å²) in [4.78, 5) is 0. The average Bonchev–Trinajstić information content (AvgIpc) is 2.84. The highest BCUT2D eigenvalue weighted by atomic mass is 19.1. The Kier molecular flexibility index (Phi) is 2.89. The second-order valence-corrected chi connectivity index (χ2v) is 4.40. The van der Waals surface area contributed by atoms with E-state index in [9.17, 15) is 4.39 Å². The summed E-state index contributed by atoms with van der Waals surface area (Å²) < 4.78 is 18.5. The van der Waals surface area contributed by atoms with Crippen molar-refractivity contribution in [2.45, 2.75) is 13.0 Å². The lowest BCUT2D eigenvalue weighted by Crippen LogP contribution is -1.99. The van der Waals surface area contributed by atoms with Gasteiger partial charge in [0.25, 0.3) is 0 Å². The van der Waals surface area contributed by atoms with E-state index in [0.29, 0.717) is 6.54 Å². The van der Waals surface area contributed by atoms with Crippen LogP contribution in [-0.2, 0) is 13.0 Å². The van der Waals surface area contributed by atoms with E-state index < -0.39 is 0 Å². The van der Waals surface area contributed by atoms with E-state index in [1.807, 2.05) is 18.2 Å². The Labute approximate surface area is 105 Å². The van der Waals surface area contributed by atoms with Crippen LogP contribution in [0.25, 0.3) is 0 Å². The molecule has 2 aromatic rings. The summed E-state index contributed by atoms with van der Waals surface area (Å²) in [5.41, 5.74) is 3.22. The molecule has 0 atom stereocenters. The van der Waals surface area contributed by atoms with Crippen molar-refractivity contribution in [2.24, 2.45) is 0 Å². The van der Waals surface area contributed by atoms with E-state index in [1.54, 1.807) is 12.1 Å². The molecule has 0 aliphatic carbocycles. The van der Waals surface area contributed by atoms with Crippen LogP contribution >= 0.6 is 0 Å². The Balaban J connectivity index is 1.70. The summed E-state index contributed by atoms with van der Waals surface area (Å²) in [6.45, 7) is 1.39. The molecule has 1 aliphatic heterocycles. The smallest absolute Gasteiger partial charge is 0.123 e. The Morgan fingerprint density at radius 2 is 2.11 bits per heavy atom. The summed E-state index contributed by atoms with van der Waals surface area (Å²) in [6, 6.07) is 12.7.